The average molecular weight is 347 g/mol. The summed E-state index contributed by atoms with van der Waals surface area (Å²) in [4.78, 5) is 29.8. The Morgan fingerprint density at radius 3 is 2.44 bits per heavy atom. The molecule has 6 heteroatoms. The van der Waals surface area contributed by atoms with E-state index in [4.69, 9.17) is 5.11 Å². The van der Waals surface area contributed by atoms with Gasteiger partial charge in [-0.15, -0.1) is 0 Å². The summed E-state index contributed by atoms with van der Waals surface area (Å²) >= 11 is 0. The normalized spacial score (nSPS) is 16.4. The molecule has 0 aliphatic carbocycles. The molecule has 0 bridgehead atoms. The summed E-state index contributed by atoms with van der Waals surface area (Å²) < 4.78 is 0. The third-order valence-electron chi connectivity index (χ3n) is 4.74. The van der Waals surface area contributed by atoms with E-state index in [1.165, 1.54) is 0 Å². The van der Waals surface area contributed by atoms with Crippen LogP contribution in [0, 0.1) is 0 Å². The lowest BCUT2D eigenvalue weighted by Crippen LogP contribution is -2.41. The Bertz CT molecular complexity index is 587. The van der Waals surface area contributed by atoms with E-state index in [-0.39, 0.29) is 5.91 Å². The van der Waals surface area contributed by atoms with E-state index in [9.17, 15) is 9.59 Å². The van der Waals surface area contributed by atoms with Crippen molar-refractivity contribution >= 4 is 11.9 Å². The van der Waals surface area contributed by atoms with E-state index in [0.717, 1.165) is 57.8 Å². The average Bonchev–Trinajstić information content (AvgIpc) is 2.81. The van der Waals surface area contributed by atoms with E-state index in [2.05, 4.69) is 9.80 Å². The molecule has 1 N–H and O–H groups in total. The Morgan fingerprint density at radius 2 is 1.76 bits per heavy atom. The van der Waals surface area contributed by atoms with E-state index in [1.807, 2.05) is 24.8 Å². The largest absolute Gasteiger partial charge is 0.478 e. The Labute approximate surface area is 150 Å². The van der Waals surface area contributed by atoms with Crippen molar-refractivity contribution in [1.29, 1.82) is 0 Å². The van der Waals surface area contributed by atoms with Crippen molar-refractivity contribution in [3.05, 3.63) is 35.4 Å². The van der Waals surface area contributed by atoms with Crippen molar-refractivity contribution in [3.63, 3.8) is 0 Å². The Morgan fingerprint density at radius 1 is 1.08 bits per heavy atom. The van der Waals surface area contributed by atoms with E-state index in [1.54, 1.807) is 18.2 Å². The fraction of sp³-hybridized carbons (Fsp3) is 0.579. The van der Waals surface area contributed by atoms with Crippen LogP contribution in [0.2, 0.25) is 0 Å². The van der Waals surface area contributed by atoms with Crippen LogP contribution in [0.25, 0.3) is 0 Å². The van der Waals surface area contributed by atoms with Crippen LogP contribution >= 0.6 is 0 Å². The highest BCUT2D eigenvalue weighted by Gasteiger charge is 2.19. The summed E-state index contributed by atoms with van der Waals surface area (Å²) in [6, 6.07) is 7.13. The summed E-state index contributed by atoms with van der Waals surface area (Å²) in [7, 11) is 0. The molecule has 0 radical (unpaired) electrons. The lowest BCUT2D eigenvalue weighted by Gasteiger charge is -2.25. The molecule has 1 heterocycles. The van der Waals surface area contributed by atoms with E-state index >= 15 is 0 Å². The molecule has 1 aliphatic heterocycles. The van der Waals surface area contributed by atoms with Gasteiger partial charge in [0, 0.05) is 32.7 Å². The first-order valence-electron chi connectivity index (χ1n) is 9.08. The first-order chi connectivity index (χ1) is 12.0. The summed E-state index contributed by atoms with van der Waals surface area (Å²) in [6.45, 7) is 10.4. The van der Waals surface area contributed by atoms with E-state index < -0.39 is 5.97 Å². The van der Waals surface area contributed by atoms with Gasteiger partial charge in [-0.1, -0.05) is 12.1 Å². The molecule has 1 aromatic carbocycles. The van der Waals surface area contributed by atoms with Crippen LogP contribution in [0.4, 0.5) is 0 Å². The van der Waals surface area contributed by atoms with Gasteiger partial charge in [-0.05, 0) is 51.1 Å². The maximum atomic E-state index is 12.3. The number of carboxylic acid groups (broad SMARTS) is 1. The third-order valence-corrected chi connectivity index (χ3v) is 4.74. The molecule has 0 unspecified atom stereocenters. The summed E-state index contributed by atoms with van der Waals surface area (Å²) in [6.07, 6.45) is 1.02. The van der Waals surface area contributed by atoms with Crippen LogP contribution in [-0.2, 0) is 11.3 Å². The van der Waals surface area contributed by atoms with Gasteiger partial charge in [0.25, 0.3) is 0 Å². The fourth-order valence-electron chi connectivity index (χ4n) is 3.27. The van der Waals surface area contributed by atoms with Gasteiger partial charge in [0.2, 0.25) is 5.91 Å². The number of benzene rings is 1. The Kier molecular flexibility index (Phi) is 7.40. The molecular weight excluding hydrogens is 318 g/mol. The number of aromatic carboxylic acids is 1. The molecule has 0 atom stereocenters. The van der Waals surface area contributed by atoms with Gasteiger partial charge in [0.15, 0.2) is 0 Å². The van der Waals surface area contributed by atoms with Crippen LogP contribution < -0.4 is 0 Å². The summed E-state index contributed by atoms with van der Waals surface area (Å²) in [5.74, 6) is -0.689. The highest BCUT2D eigenvalue weighted by atomic mass is 16.4. The topological polar surface area (TPSA) is 64.1 Å². The molecule has 1 fully saturated rings. The quantitative estimate of drug-likeness (QED) is 0.814. The third kappa shape index (κ3) is 5.83. The van der Waals surface area contributed by atoms with Crippen molar-refractivity contribution < 1.29 is 14.7 Å². The van der Waals surface area contributed by atoms with E-state index in [0.29, 0.717) is 12.1 Å². The second-order valence-electron chi connectivity index (χ2n) is 6.48. The highest BCUT2D eigenvalue weighted by Crippen LogP contribution is 2.11. The molecule has 2 rings (SSSR count). The van der Waals surface area contributed by atoms with Gasteiger partial charge in [0.1, 0.15) is 0 Å². The number of likely N-dealkylation sites (N-methyl/N-ethyl adjacent to an activating group) is 1. The number of carboxylic acids is 1. The molecule has 6 nitrogen and oxygen atoms in total. The van der Waals surface area contributed by atoms with Gasteiger partial charge in [-0.3, -0.25) is 14.6 Å². The van der Waals surface area contributed by atoms with Gasteiger partial charge >= 0.3 is 5.97 Å². The molecule has 0 spiro atoms. The zero-order valence-electron chi connectivity index (χ0n) is 15.3. The predicted octanol–water partition coefficient (Wildman–Crippen LogP) is 1.76. The molecule has 0 aromatic heterocycles. The van der Waals surface area contributed by atoms with Crippen LogP contribution in [-0.4, -0.2) is 77.5 Å². The van der Waals surface area contributed by atoms with Gasteiger partial charge in [-0.2, -0.15) is 0 Å². The lowest BCUT2D eigenvalue weighted by atomic mass is 10.1. The zero-order chi connectivity index (χ0) is 18.2. The lowest BCUT2D eigenvalue weighted by molar-refractivity contribution is -0.132. The SMILES string of the molecule is CCN(CC)C(=O)CN1CCCN(Cc2cccc(C(=O)O)c2)CC1. The molecule has 138 valence electrons. The van der Waals surface area contributed by atoms with Crippen LogP contribution in [0.1, 0.15) is 36.2 Å². The van der Waals surface area contributed by atoms with Gasteiger partial charge in [-0.25, -0.2) is 4.79 Å². The predicted molar refractivity (Wildman–Crippen MR) is 97.7 cm³/mol. The molecule has 25 heavy (non-hydrogen) atoms. The minimum Gasteiger partial charge on any atom is -0.478 e. The number of carbonyl (C=O) groups is 2. The maximum absolute atomic E-state index is 12.3. The highest BCUT2D eigenvalue weighted by molar-refractivity contribution is 5.87. The number of nitrogens with zero attached hydrogens (tertiary/aromatic N) is 3. The summed E-state index contributed by atoms with van der Waals surface area (Å²) in [5, 5.41) is 9.11. The molecule has 0 saturated carbocycles. The summed E-state index contributed by atoms with van der Waals surface area (Å²) in [5.41, 5.74) is 1.35. The fourth-order valence-corrected chi connectivity index (χ4v) is 3.27. The number of amides is 1. The van der Waals surface area contributed by atoms with Crippen molar-refractivity contribution in [2.45, 2.75) is 26.8 Å². The number of hydrogen-bond donors (Lipinski definition) is 1. The number of carbonyl (C=O) groups excluding carboxylic acids is 1. The molecular formula is C19H29N3O3. The minimum absolute atomic E-state index is 0.201. The second-order valence-corrected chi connectivity index (χ2v) is 6.48. The Balaban J connectivity index is 1.88. The minimum atomic E-state index is -0.890. The molecule has 1 aromatic rings. The number of hydrogen-bond acceptors (Lipinski definition) is 4. The monoisotopic (exact) mass is 347 g/mol. The number of rotatable bonds is 7. The second kappa shape index (κ2) is 9.53. The molecule has 1 amide bonds. The first kappa shape index (κ1) is 19.4. The zero-order valence-corrected chi connectivity index (χ0v) is 15.3. The standard InChI is InChI=1S/C19H29N3O3/c1-3-22(4-2)18(23)15-21-10-6-9-20(11-12-21)14-16-7-5-8-17(13-16)19(24)25/h5,7-8,13H,3-4,6,9-12,14-15H2,1-2H3,(H,24,25). The maximum Gasteiger partial charge on any atom is 0.335 e. The van der Waals surface area contributed by atoms with Gasteiger partial charge < -0.3 is 10.0 Å². The van der Waals surface area contributed by atoms with Crippen molar-refractivity contribution in [2.75, 3.05) is 45.8 Å². The molecule has 1 saturated heterocycles. The van der Waals surface area contributed by atoms with Gasteiger partial charge in [0.05, 0.1) is 12.1 Å². The van der Waals surface area contributed by atoms with Crippen LogP contribution in [0.15, 0.2) is 24.3 Å². The van der Waals surface area contributed by atoms with Crippen LogP contribution in [0.3, 0.4) is 0 Å². The molecule has 1 aliphatic rings. The van der Waals surface area contributed by atoms with Crippen molar-refractivity contribution in [2.24, 2.45) is 0 Å². The van der Waals surface area contributed by atoms with Crippen molar-refractivity contribution in [1.82, 2.24) is 14.7 Å². The van der Waals surface area contributed by atoms with Crippen molar-refractivity contribution in [3.8, 4) is 0 Å². The Hall–Kier alpha value is -1.92. The first-order valence-corrected chi connectivity index (χ1v) is 9.08. The van der Waals surface area contributed by atoms with Crippen LogP contribution in [0.5, 0.6) is 0 Å². The smallest absolute Gasteiger partial charge is 0.335 e.